The Labute approximate surface area is 165 Å². The molecule has 1 aliphatic heterocycles. The van der Waals surface area contributed by atoms with Crippen LogP contribution in [0.25, 0.3) is 0 Å². The molecule has 0 radical (unpaired) electrons. The summed E-state index contributed by atoms with van der Waals surface area (Å²) in [5, 5.41) is 3.18. The van der Waals surface area contributed by atoms with Gasteiger partial charge in [-0.25, -0.2) is 9.37 Å². The highest BCUT2D eigenvalue weighted by Crippen LogP contribution is 2.33. The molecule has 1 saturated heterocycles. The van der Waals surface area contributed by atoms with Crippen molar-refractivity contribution in [3.8, 4) is 0 Å². The maximum Gasteiger partial charge on any atom is 0.130 e. The van der Waals surface area contributed by atoms with Crippen LogP contribution < -0.4 is 5.32 Å². The van der Waals surface area contributed by atoms with Crippen molar-refractivity contribution < 1.29 is 4.39 Å². The molecule has 0 spiro atoms. The van der Waals surface area contributed by atoms with Crippen LogP contribution in [-0.4, -0.2) is 28.5 Å². The minimum atomic E-state index is -0.173. The van der Waals surface area contributed by atoms with Crippen LogP contribution in [0.5, 0.6) is 0 Å². The highest BCUT2D eigenvalue weighted by Gasteiger charge is 2.27. The molecule has 1 aliphatic rings. The Morgan fingerprint density at radius 2 is 1.93 bits per heavy atom. The molecule has 4 nitrogen and oxygen atoms in total. The minimum absolute atomic E-state index is 0.173. The Balaban J connectivity index is 1.54. The highest BCUT2D eigenvalue weighted by atomic mass is 19.1. The molecule has 28 heavy (non-hydrogen) atoms. The van der Waals surface area contributed by atoms with E-state index in [0.29, 0.717) is 12.0 Å². The first-order valence-corrected chi connectivity index (χ1v) is 9.79. The van der Waals surface area contributed by atoms with Crippen molar-refractivity contribution in [2.75, 3.05) is 18.9 Å². The molecule has 1 N–H and O–H groups in total. The molecule has 3 aromatic rings. The van der Waals surface area contributed by atoms with Crippen LogP contribution in [0.3, 0.4) is 0 Å². The number of nitrogens with one attached hydrogen (secondary N) is 1. The molecule has 0 saturated carbocycles. The van der Waals surface area contributed by atoms with E-state index < -0.39 is 0 Å². The second-order valence-electron chi connectivity index (χ2n) is 7.21. The smallest absolute Gasteiger partial charge is 0.130 e. The number of nitrogens with zero attached hydrogens (tertiary/aromatic N) is 3. The second-order valence-corrected chi connectivity index (χ2v) is 7.21. The molecule has 0 aliphatic carbocycles. The van der Waals surface area contributed by atoms with Gasteiger partial charge in [-0.15, -0.1) is 0 Å². The van der Waals surface area contributed by atoms with E-state index in [4.69, 9.17) is 4.98 Å². The number of anilines is 1. The Kier molecular flexibility index (Phi) is 5.63. The predicted octanol–water partition coefficient (Wildman–Crippen LogP) is 4.59. The molecular formula is C23H25FN4. The average Bonchev–Trinajstić information content (AvgIpc) is 3.19. The third-order valence-corrected chi connectivity index (χ3v) is 5.36. The van der Waals surface area contributed by atoms with Gasteiger partial charge in [-0.1, -0.05) is 30.3 Å². The van der Waals surface area contributed by atoms with E-state index in [1.807, 2.05) is 43.6 Å². The number of hydrogen-bond donors (Lipinski definition) is 1. The fraction of sp³-hybridized carbons (Fsp3) is 0.304. The van der Waals surface area contributed by atoms with Crippen LogP contribution in [0.4, 0.5) is 10.2 Å². The molecular weight excluding hydrogens is 351 g/mol. The van der Waals surface area contributed by atoms with Gasteiger partial charge in [0.2, 0.25) is 0 Å². The summed E-state index contributed by atoms with van der Waals surface area (Å²) in [4.78, 5) is 11.8. The molecule has 1 fully saturated rings. The van der Waals surface area contributed by atoms with Crippen LogP contribution >= 0.6 is 0 Å². The van der Waals surface area contributed by atoms with E-state index in [1.54, 1.807) is 6.07 Å². The lowest BCUT2D eigenvalue weighted by Crippen LogP contribution is -2.24. The van der Waals surface area contributed by atoms with Gasteiger partial charge in [-0.05, 0) is 49.2 Å². The van der Waals surface area contributed by atoms with Crippen molar-refractivity contribution >= 4 is 5.82 Å². The highest BCUT2D eigenvalue weighted by molar-refractivity contribution is 5.43. The molecule has 4 rings (SSSR count). The first-order valence-electron chi connectivity index (χ1n) is 9.79. The number of halogens is 1. The van der Waals surface area contributed by atoms with Gasteiger partial charge in [0.25, 0.3) is 0 Å². The Morgan fingerprint density at radius 1 is 1.07 bits per heavy atom. The monoisotopic (exact) mass is 376 g/mol. The maximum absolute atomic E-state index is 14.0. The van der Waals surface area contributed by atoms with Gasteiger partial charge in [0.1, 0.15) is 11.6 Å². The molecule has 1 aromatic carbocycles. The molecule has 1 atom stereocenters. The molecule has 5 heteroatoms. The van der Waals surface area contributed by atoms with Gasteiger partial charge in [-0.2, -0.15) is 0 Å². The van der Waals surface area contributed by atoms with Crippen molar-refractivity contribution in [1.82, 2.24) is 14.9 Å². The van der Waals surface area contributed by atoms with E-state index in [9.17, 15) is 4.39 Å². The van der Waals surface area contributed by atoms with Gasteiger partial charge in [0.15, 0.2) is 0 Å². The van der Waals surface area contributed by atoms with Gasteiger partial charge in [0, 0.05) is 37.5 Å². The minimum Gasteiger partial charge on any atom is -0.373 e. The van der Waals surface area contributed by atoms with Crippen molar-refractivity contribution in [3.63, 3.8) is 0 Å². The van der Waals surface area contributed by atoms with E-state index in [1.165, 1.54) is 11.6 Å². The van der Waals surface area contributed by atoms with Gasteiger partial charge >= 0.3 is 0 Å². The summed E-state index contributed by atoms with van der Waals surface area (Å²) in [5.74, 6) is 0.753. The van der Waals surface area contributed by atoms with Crippen LogP contribution in [0, 0.1) is 5.82 Å². The van der Waals surface area contributed by atoms with Crippen molar-refractivity contribution in [2.45, 2.75) is 31.8 Å². The molecule has 144 valence electrons. The lowest BCUT2D eigenvalue weighted by atomic mass is 10.1. The standard InChI is InChI=1S/C23H25FN4/c1-25-23-18(8-5-13-26-23)16-28-14-6-12-22(28)21-11-4-9-19(27-21)15-17-7-2-3-10-20(17)24/h2-5,7-11,13,22H,6,12,14-16H2,1H3,(H,25,26). The SMILES string of the molecule is CNc1ncccc1CN1CCCC1c1cccc(Cc2ccccc2F)n1. The van der Waals surface area contributed by atoms with Gasteiger partial charge < -0.3 is 5.32 Å². The zero-order valence-corrected chi connectivity index (χ0v) is 16.1. The normalized spacial score (nSPS) is 17.0. The first kappa shape index (κ1) is 18.6. The van der Waals surface area contributed by atoms with Crippen LogP contribution in [-0.2, 0) is 13.0 Å². The summed E-state index contributed by atoms with van der Waals surface area (Å²) in [5.41, 5.74) is 3.86. The number of likely N-dealkylation sites (tertiary alicyclic amines) is 1. The van der Waals surface area contributed by atoms with E-state index in [2.05, 4.69) is 27.3 Å². The third-order valence-electron chi connectivity index (χ3n) is 5.36. The predicted molar refractivity (Wildman–Crippen MR) is 110 cm³/mol. The number of rotatable bonds is 6. The Morgan fingerprint density at radius 3 is 2.79 bits per heavy atom. The van der Waals surface area contributed by atoms with E-state index in [0.717, 1.165) is 43.1 Å². The second kappa shape index (κ2) is 8.48. The molecule has 1 unspecified atom stereocenters. The summed E-state index contributed by atoms with van der Waals surface area (Å²) >= 11 is 0. The van der Waals surface area contributed by atoms with Crippen LogP contribution in [0.1, 0.15) is 41.4 Å². The number of benzene rings is 1. The molecule has 2 aromatic heterocycles. The van der Waals surface area contributed by atoms with Crippen LogP contribution in [0.15, 0.2) is 60.8 Å². The number of aromatic nitrogens is 2. The lowest BCUT2D eigenvalue weighted by molar-refractivity contribution is 0.244. The number of pyridine rings is 2. The Hall–Kier alpha value is -2.79. The summed E-state index contributed by atoms with van der Waals surface area (Å²) < 4.78 is 14.0. The topological polar surface area (TPSA) is 41.1 Å². The quantitative estimate of drug-likeness (QED) is 0.683. The number of hydrogen-bond acceptors (Lipinski definition) is 4. The zero-order chi connectivity index (χ0) is 19.3. The zero-order valence-electron chi connectivity index (χ0n) is 16.1. The molecule has 0 amide bonds. The van der Waals surface area contributed by atoms with Crippen molar-refractivity contribution in [2.24, 2.45) is 0 Å². The van der Waals surface area contributed by atoms with Crippen molar-refractivity contribution in [3.05, 3.63) is 89.1 Å². The van der Waals surface area contributed by atoms with Gasteiger partial charge in [-0.3, -0.25) is 9.88 Å². The summed E-state index contributed by atoms with van der Waals surface area (Å²) in [6.45, 7) is 1.88. The summed E-state index contributed by atoms with van der Waals surface area (Å²) in [6.07, 6.45) is 4.56. The summed E-state index contributed by atoms with van der Waals surface area (Å²) in [6, 6.07) is 17.4. The average molecular weight is 376 g/mol. The third kappa shape index (κ3) is 4.04. The van der Waals surface area contributed by atoms with Crippen LogP contribution in [0.2, 0.25) is 0 Å². The fourth-order valence-corrected chi connectivity index (χ4v) is 3.98. The molecule has 0 bridgehead atoms. The fourth-order valence-electron chi connectivity index (χ4n) is 3.98. The van der Waals surface area contributed by atoms with E-state index >= 15 is 0 Å². The van der Waals surface area contributed by atoms with Gasteiger partial charge in [0.05, 0.1) is 11.7 Å². The Bertz CT molecular complexity index is 943. The lowest BCUT2D eigenvalue weighted by Gasteiger charge is -2.25. The molecule has 3 heterocycles. The maximum atomic E-state index is 14.0. The van der Waals surface area contributed by atoms with Crippen molar-refractivity contribution in [1.29, 1.82) is 0 Å². The summed E-state index contributed by atoms with van der Waals surface area (Å²) in [7, 11) is 1.90. The largest absolute Gasteiger partial charge is 0.373 e. The van der Waals surface area contributed by atoms with E-state index in [-0.39, 0.29) is 11.9 Å². The first-order chi connectivity index (χ1) is 13.7.